The van der Waals surface area contributed by atoms with E-state index in [4.69, 9.17) is 18.9 Å². The third-order valence-corrected chi connectivity index (χ3v) is 9.00. The second kappa shape index (κ2) is 6.25. The molecule has 4 bridgehead atoms. The average Bonchev–Trinajstić information content (AvgIpc) is 3.18. The van der Waals surface area contributed by atoms with Crippen molar-refractivity contribution in [1.82, 2.24) is 0 Å². The van der Waals surface area contributed by atoms with Gasteiger partial charge in [-0.05, 0) is 32.1 Å². The molecule has 0 amide bonds. The van der Waals surface area contributed by atoms with Gasteiger partial charge in [-0.15, -0.1) is 0 Å². The Morgan fingerprint density at radius 2 is 2.00 bits per heavy atom. The predicted octanol–water partition coefficient (Wildman–Crippen LogP) is -0.0470. The van der Waals surface area contributed by atoms with E-state index in [-0.39, 0.29) is 24.9 Å². The number of ether oxygens (including phenoxy) is 4. The number of methoxy groups -OCH3 is 2. The van der Waals surface area contributed by atoms with Crippen LogP contribution in [-0.2, 0) is 33.3 Å². The fraction of sp³-hybridized carbons (Fsp3) is 0.857. The van der Waals surface area contributed by atoms with Crippen molar-refractivity contribution < 1.29 is 43.5 Å². The number of carbonyl (C=O) groups is 3. The molecule has 0 aromatic carbocycles. The van der Waals surface area contributed by atoms with Crippen LogP contribution in [0.15, 0.2) is 0 Å². The second-order valence-corrected chi connectivity index (χ2v) is 9.72. The minimum atomic E-state index is -1.58. The zero-order valence-corrected chi connectivity index (χ0v) is 17.2. The van der Waals surface area contributed by atoms with Gasteiger partial charge in [-0.1, -0.05) is 0 Å². The van der Waals surface area contributed by atoms with E-state index in [1.165, 1.54) is 14.2 Å². The lowest BCUT2D eigenvalue weighted by Gasteiger charge is -2.46. The molecule has 4 saturated carbocycles. The molecule has 5 fully saturated rings. The van der Waals surface area contributed by atoms with Gasteiger partial charge in [0.2, 0.25) is 0 Å². The average molecular weight is 424 g/mol. The van der Waals surface area contributed by atoms with E-state index in [1.54, 1.807) is 0 Å². The molecule has 9 nitrogen and oxygen atoms in total. The lowest BCUT2D eigenvalue weighted by Crippen LogP contribution is -2.56. The first-order valence-electron chi connectivity index (χ1n) is 10.5. The van der Waals surface area contributed by atoms with E-state index in [2.05, 4.69) is 0 Å². The van der Waals surface area contributed by atoms with Crippen LogP contribution in [0.1, 0.15) is 38.5 Å². The Balaban J connectivity index is 1.69. The van der Waals surface area contributed by atoms with Gasteiger partial charge in [0.25, 0.3) is 0 Å². The number of fused-ring (bicyclic) bond motifs is 1. The van der Waals surface area contributed by atoms with Crippen LogP contribution in [0.3, 0.4) is 0 Å². The van der Waals surface area contributed by atoms with Crippen LogP contribution in [0.5, 0.6) is 0 Å². The van der Waals surface area contributed by atoms with Crippen molar-refractivity contribution in [3.8, 4) is 0 Å². The number of aliphatic hydroxyl groups is 2. The molecule has 1 heterocycles. The number of Topliss-reactive ketones (excluding diaryl/α,β-unsaturated/α-hetero) is 1. The summed E-state index contributed by atoms with van der Waals surface area (Å²) in [6, 6.07) is 0. The number of ketones is 1. The Bertz CT molecular complexity index is 812. The lowest BCUT2D eigenvalue weighted by molar-refractivity contribution is -0.179. The highest BCUT2D eigenvalue weighted by Gasteiger charge is 2.86. The molecule has 1 saturated heterocycles. The maximum absolute atomic E-state index is 13.2. The number of aliphatic hydroxyl groups excluding tert-OH is 2. The van der Waals surface area contributed by atoms with Gasteiger partial charge in [-0.3, -0.25) is 14.4 Å². The van der Waals surface area contributed by atoms with Gasteiger partial charge in [-0.2, -0.15) is 0 Å². The molecule has 0 aromatic rings. The fourth-order valence-corrected chi connectivity index (χ4v) is 8.04. The lowest BCUT2D eigenvalue weighted by atomic mass is 9.58. The first-order chi connectivity index (χ1) is 14.3. The van der Waals surface area contributed by atoms with Crippen LogP contribution < -0.4 is 0 Å². The van der Waals surface area contributed by atoms with Crippen molar-refractivity contribution in [3.05, 3.63) is 0 Å². The summed E-state index contributed by atoms with van der Waals surface area (Å²) >= 11 is 0. The van der Waals surface area contributed by atoms with Gasteiger partial charge in [-0.25, -0.2) is 0 Å². The SMILES string of the molecule is COCO[C@]12CC[C@@H]3[C@](CC1=O)(C2)[C@@H](C(=O)OC)[C@H]1[C@@]32CC[C@H](O)[C@@]1(CO)C(=O)O2. The summed E-state index contributed by atoms with van der Waals surface area (Å²) in [4.78, 5) is 39.4. The van der Waals surface area contributed by atoms with E-state index < -0.39 is 58.5 Å². The minimum Gasteiger partial charge on any atom is -0.469 e. The maximum Gasteiger partial charge on any atom is 0.318 e. The summed E-state index contributed by atoms with van der Waals surface area (Å²) in [6.07, 6.45) is 1.01. The van der Waals surface area contributed by atoms with Gasteiger partial charge in [0, 0.05) is 30.8 Å². The molecule has 5 aliphatic rings. The minimum absolute atomic E-state index is 0.0295. The molecule has 4 aliphatic carbocycles. The molecular weight excluding hydrogens is 396 g/mol. The number of hydrogen-bond donors (Lipinski definition) is 2. The Hall–Kier alpha value is -1.55. The summed E-state index contributed by atoms with van der Waals surface area (Å²) in [5, 5.41) is 21.2. The van der Waals surface area contributed by atoms with Crippen molar-refractivity contribution in [1.29, 1.82) is 0 Å². The molecule has 166 valence electrons. The summed E-state index contributed by atoms with van der Waals surface area (Å²) in [7, 11) is 2.77. The van der Waals surface area contributed by atoms with Gasteiger partial charge < -0.3 is 29.2 Å². The third-order valence-electron chi connectivity index (χ3n) is 9.00. The van der Waals surface area contributed by atoms with Crippen LogP contribution in [0.25, 0.3) is 0 Å². The molecule has 9 heteroatoms. The quantitative estimate of drug-likeness (QED) is 0.461. The Morgan fingerprint density at radius 1 is 1.23 bits per heavy atom. The van der Waals surface area contributed by atoms with E-state index in [0.29, 0.717) is 32.1 Å². The molecule has 2 N–H and O–H groups in total. The van der Waals surface area contributed by atoms with Crippen molar-refractivity contribution in [2.24, 2.45) is 28.6 Å². The van der Waals surface area contributed by atoms with E-state index in [0.717, 1.165) is 0 Å². The van der Waals surface area contributed by atoms with E-state index >= 15 is 0 Å². The molecule has 30 heavy (non-hydrogen) atoms. The monoisotopic (exact) mass is 424 g/mol. The molecule has 0 unspecified atom stereocenters. The van der Waals surface area contributed by atoms with Crippen LogP contribution in [0, 0.1) is 28.6 Å². The molecule has 1 aliphatic heterocycles. The normalized spacial score (nSPS) is 50.8. The number of esters is 2. The third kappa shape index (κ3) is 2.00. The first-order valence-corrected chi connectivity index (χ1v) is 10.5. The Morgan fingerprint density at radius 3 is 2.67 bits per heavy atom. The zero-order valence-electron chi connectivity index (χ0n) is 17.2. The summed E-state index contributed by atoms with van der Waals surface area (Å²) in [6.45, 7) is -0.646. The van der Waals surface area contributed by atoms with Gasteiger partial charge in [0.15, 0.2) is 5.78 Å². The predicted molar refractivity (Wildman–Crippen MR) is 97.7 cm³/mol. The van der Waals surface area contributed by atoms with Crippen LogP contribution >= 0.6 is 0 Å². The highest BCUT2D eigenvalue weighted by atomic mass is 16.7. The fourth-order valence-electron chi connectivity index (χ4n) is 8.04. The Kier molecular flexibility index (Phi) is 4.24. The highest BCUT2D eigenvalue weighted by molar-refractivity contribution is 5.94. The molecule has 1 spiro atoms. The topological polar surface area (TPSA) is 129 Å². The molecule has 0 radical (unpaired) electrons. The van der Waals surface area contributed by atoms with Crippen molar-refractivity contribution in [2.75, 3.05) is 27.6 Å². The molecule has 0 aromatic heterocycles. The van der Waals surface area contributed by atoms with E-state index in [1.807, 2.05) is 0 Å². The standard InChI is InChI=1S/C21H28O9/c1-27-10-29-19-5-3-11-18(8-19,7-13(19)24)14(16(25)28-2)15-20(9-22)12(23)4-6-21(11,15)30-17(20)26/h11-12,14-15,22-23H,3-10H2,1-2H3/t11-,12+,14-,15-,18+,19+,20-,21-/m1/s1. The molecule has 5 rings (SSSR count). The highest BCUT2D eigenvalue weighted by Crippen LogP contribution is 2.77. The van der Waals surface area contributed by atoms with E-state index in [9.17, 15) is 24.6 Å². The van der Waals surface area contributed by atoms with Crippen LogP contribution in [0.4, 0.5) is 0 Å². The first kappa shape index (κ1) is 20.4. The second-order valence-electron chi connectivity index (χ2n) is 9.72. The molecule has 8 atom stereocenters. The van der Waals surface area contributed by atoms with Crippen molar-refractivity contribution in [3.63, 3.8) is 0 Å². The number of carbonyl (C=O) groups excluding carboxylic acids is 3. The summed E-state index contributed by atoms with van der Waals surface area (Å²) in [5.74, 6) is -3.09. The zero-order chi connectivity index (χ0) is 21.5. The van der Waals surface area contributed by atoms with Crippen molar-refractivity contribution in [2.45, 2.75) is 55.8 Å². The van der Waals surface area contributed by atoms with Gasteiger partial charge in [0.1, 0.15) is 23.4 Å². The largest absolute Gasteiger partial charge is 0.469 e. The Labute approximate surface area is 174 Å². The maximum atomic E-state index is 13.2. The van der Waals surface area contributed by atoms with Gasteiger partial charge in [0.05, 0.1) is 25.7 Å². The van der Waals surface area contributed by atoms with Gasteiger partial charge >= 0.3 is 11.9 Å². The molecular formula is C21H28O9. The smallest absolute Gasteiger partial charge is 0.318 e. The number of hydrogen-bond acceptors (Lipinski definition) is 9. The van der Waals surface area contributed by atoms with Crippen LogP contribution in [0.2, 0.25) is 0 Å². The summed E-state index contributed by atoms with van der Waals surface area (Å²) < 4.78 is 22.1. The summed E-state index contributed by atoms with van der Waals surface area (Å²) in [5.41, 5.74) is -4.40. The van der Waals surface area contributed by atoms with Crippen LogP contribution in [-0.4, -0.2) is 72.9 Å². The number of rotatable bonds is 5. The van der Waals surface area contributed by atoms with Crippen molar-refractivity contribution >= 4 is 17.7 Å².